The Balaban J connectivity index is 1.87. The number of hydrogen-bond acceptors (Lipinski definition) is 3. The van der Waals surface area contributed by atoms with Crippen LogP contribution in [0.3, 0.4) is 0 Å². The summed E-state index contributed by atoms with van der Waals surface area (Å²) in [6.07, 6.45) is 4.02. The molecule has 20 heavy (non-hydrogen) atoms. The van der Waals surface area contributed by atoms with Crippen LogP contribution in [0.15, 0.2) is 24.3 Å². The van der Waals surface area contributed by atoms with Crippen LogP contribution < -0.4 is 5.32 Å². The van der Waals surface area contributed by atoms with E-state index in [2.05, 4.69) is 41.4 Å². The molecule has 3 heteroatoms. The number of benzene rings is 1. The Bertz CT molecular complexity index is 394. The molecule has 0 amide bonds. The molecule has 2 rings (SSSR count). The summed E-state index contributed by atoms with van der Waals surface area (Å²) >= 11 is 0. The Hall–Kier alpha value is -0.900. The van der Waals surface area contributed by atoms with Crippen molar-refractivity contribution in [1.82, 2.24) is 10.2 Å². The molecule has 1 aromatic carbocycles. The van der Waals surface area contributed by atoms with Crippen molar-refractivity contribution < 1.29 is 4.74 Å². The number of piperidine rings is 1. The summed E-state index contributed by atoms with van der Waals surface area (Å²) in [7, 11) is 1.99. The molecule has 1 atom stereocenters. The Morgan fingerprint density at radius 3 is 3.00 bits per heavy atom. The first-order valence-corrected chi connectivity index (χ1v) is 7.88. The average molecular weight is 276 g/mol. The van der Waals surface area contributed by atoms with Gasteiger partial charge >= 0.3 is 0 Å². The van der Waals surface area contributed by atoms with Crippen LogP contribution in [0.5, 0.6) is 0 Å². The highest BCUT2D eigenvalue weighted by Gasteiger charge is 2.20. The third-order valence-electron chi connectivity index (χ3n) is 3.80. The molecule has 0 saturated carbocycles. The molecule has 1 aromatic rings. The van der Waals surface area contributed by atoms with Crippen LogP contribution in [0.2, 0.25) is 0 Å². The van der Waals surface area contributed by atoms with Crippen molar-refractivity contribution in [3.63, 3.8) is 0 Å². The monoisotopic (exact) mass is 276 g/mol. The van der Waals surface area contributed by atoms with Gasteiger partial charge in [-0.15, -0.1) is 0 Å². The predicted octanol–water partition coefficient (Wildman–Crippen LogP) is 2.80. The van der Waals surface area contributed by atoms with Crippen LogP contribution in [0.25, 0.3) is 0 Å². The predicted molar refractivity (Wildman–Crippen MR) is 83.7 cm³/mol. The third kappa shape index (κ3) is 4.89. The lowest BCUT2D eigenvalue weighted by Crippen LogP contribution is -2.39. The minimum atomic E-state index is 0.434. The summed E-state index contributed by atoms with van der Waals surface area (Å²) in [5, 5.41) is 3.21. The van der Waals surface area contributed by atoms with Crippen molar-refractivity contribution in [2.75, 3.05) is 26.7 Å². The first-order chi connectivity index (χ1) is 9.81. The summed E-state index contributed by atoms with van der Waals surface area (Å²) < 4.78 is 5.91. The van der Waals surface area contributed by atoms with Gasteiger partial charge in [0, 0.05) is 26.2 Å². The maximum absolute atomic E-state index is 5.91. The zero-order valence-electron chi connectivity index (χ0n) is 12.9. The zero-order valence-corrected chi connectivity index (χ0v) is 12.9. The summed E-state index contributed by atoms with van der Waals surface area (Å²) in [6.45, 7) is 7.34. The fraction of sp³-hybridized carbons (Fsp3) is 0.647. The molecule has 1 unspecified atom stereocenters. The summed E-state index contributed by atoms with van der Waals surface area (Å²) in [6, 6.07) is 8.89. The molecule has 1 saturated heterocycles. The number of rotatable bonds is 7. The first-order valence-electron chi connectivity index (χ1n) is 7.88. The molecule has 0 bridgehead atoms. The van der Waals surface area contributed by atoms with Crippen molar-refractivity contribution >= 4 is 0 Å². The second-order valence-corrected chi connectivity index (χ2v) is 5.72. The quantitative estimate of drug-likeness (QED) is 0.829. The molecule has 1 aliphatic heterocycles. The molecule has 1 heterocycles. The third-order valence-corrected chi connectivity index (χ3v) is 3.80. The normalized spacial score (nSPS) is 20.2. The molecule has 0 radical (unpaired) electrons. The van der Waals surface area contributed by atoms with Crippen LogP contribution in [-0.4, -0.2) is 37.7 Å². The highest BCUT2D eigenvalue weighted by molar-refractivity contribution is 5.23. The second-order valence-electron chi connectivity index (χ2n) is 5.72. The maximum atomic E-state index is 5.91. The molecular weight excluding hydrogens is 248 g/mol. The van der Waals surface area contributed by atoms with E-state index in [9.17, 15) is 0 Å². The van der Waals surface area contributed by atoms with E-state index in [1.54, 1.807) is 0 Å². The van der Waals surface area contributed by atoms with Crippen LogP contribution in [0, 0.1) is 0 Å². The standard InChI is InChI=1S/C17H28N2O/c1-3-10-20-17-8-5-9-19(14-17)13-16-7-4-6-15(11-16)12-18-2/h4,6-7,11,17-18H,3,5,8-10,12-14H2,1-2H3. The SMILES string of the molecule is CCCOC1CCCN(Cc2cccc(CNC)c2)C1. The van der Waals surface area contributed by atoms with E-state index in [0.717, 1.165) is 32.7 Å². The summed E-state index contributed by atoms with van der Waals surface area (Å²) in [5.41, 5.74) is 2.77. The number of likely N-dealkylation sites (tertiary alicyclic amines) is 1. The van der Waals surface area contributed by atoms with Crippen molar-refractivity contribution in [2.24, 2.45) is 0 Å². The van der Waals surface area contributed by atoms with Gasteiger partial charge in [-0.25, -0.2) is 0 Å². The molecule has 1 N–H and O–H groups in total. The molecule has 112 valence electrons. The average Bonchev–Trinajstić information content (AvgIpc) is 2.46. The van der Waals surface area contributed by atoms with E-state index in [1.807, 2.05) is 7.05 Å². The van der Waals surface area contributed by atoms with Gasteiger partial charge in [0.25, 0.3) is 0 Å². The highest BCUT2D eigenvalue weighted by atomic mass is 16.5. The van der Waals surface area contributed by atoms with E-state index in [4.69, 9.17) is 4.74 Å². The lowest BCUT2D eigenvalue weighted by molar-refractivity contribution is -0.00223. The first kappa shape index (κ1) is 15.5. The van der Waals surface area contributed by atoms with Crippen LogP contribution >= 0.6 is 0 Å². The molecular formula is C17H28N2O. The van der Waals surface area contributed by atoms with Crippen molar-refractivity contribution in [3.8, 4) is 0 Å². The number of nitrogens with zero attached hydrogens (tertiary/aromatic N) is 1. The number of ether oxygens (including phenoxy) is 1. The Kier molecular flexibility index (Phi) is 6.51. The second kappa shape index (κ2) is 8.40. The van der Waals surface area contributed by atoms with Crippen LogP contribution in [-0.2, 0) is 17.8 Å². The largest absolute Gasteiger partial charge is 0.377 e. The van der Waals surface area contributed by atoms with Gasteiger partial charge in [-0.1, -0.05) is 31.2 Å². The van der Waals surface area contributed by atoms with Crippen LogP contribution in [0.1, 0.15) is 37.3 Å². The molecule has 1 aliphatic rings. The van der Waals surface area contributed by atoms with Gasteiger partial charge < -0.3 is 10.1 Å². The highest BCUT2D eigenvalue weighted by Crippen LogP contribution is 2.17. The molecule has 1 fully saturated rings. The summed E-state index contributed by atoms with van der Waals surface area (Å²) in [5.74, 6) is 0. The maximum Gasteiger partial charge on any atom is 0.0702 e. The van der Waals surface area contributed by atoms with Crippen molar-refractivity contribution in [3.05, 3.63) is 35.4 Å². The Morgan fingerprint density at radius 1 is 1.35 bits per heavy atom. The minimum Gasteiger partial charge on any atom is -0.377 e. The van der Waals surface area contributed by atoms with Gasteiger partial charge in [-0.3, -0.25) is 4.90 Å². The van der Waals surface area contributed by atoms with E-state index >= 15 is 0 Å². The fourth-order valence-corrected chi connectivity index (χ4v) is 2.88. The van der Waals surface area contributed by atoms with E-state index < -0.39 is 0 Å². The minimum absolute atomic E-state index is 0.434. The van der Waals surface area contributed by atoms with E-state index in [-0.39, 0.29) is 0 Å². The number of nitrogens with one attached hydrogen (secondary N) is 1. The van der Waals surface area contributed by atoms with Gasteiger partial charge in [0.1, 0.15) is 0 Å². The van der Waals surface area contributed by atoms with Crippen molar-refractivity contribution in [2.45, 2.75) is 45.4 Å². The molecule has 0 spiro atoms. The fourth-order valence-electron chi connectivity index (χ4n) is 2.88. The van der Waals surface area contributed by atoms with Gasteiger partial charge in [0.05, 0.1) is 6.10 Å². The van der Waals surface area contributed by atoms with E-state index in [0.29, 0.717) is 6.10 Å². The lowest BCUT2D eigenvalue weighted by Gasteiger charge is -2.32. The zero-order chi connectivity index (χ0) is 14.2. The summed E-state index contributed by atoms with van der Waals surface area (Å²) in [4.78, 5) is 2.53. The topological polar surface area (TPSA) is 24.5 Å². The van der Waals surface area contributed by atoms with Gasteiger partial charge in [0.2, 0.25) is 0 Å². The Labute approximate surface area is 123 Å². The lowest BCUT2D eigenvalue weighted by atomic mass is 10.1. The molecule has 3 nitrogen and oxygen atoms in total. The van der Waals surface area contributed by atoms with E-state index in [1.165, 1.54) is 30.5 Å². The molecule has 0 aromatic heterocycles. The number of hydrogen-bond donors (Lipinski definition) is 1. The van der Waals surface area contributed by atoms with Crippen LogP contribution in [0.4, 0.5) is 0 Å². The molecule has 0 aliphatic carbocycles. The Morgan fingerprint density at radius 2 is 2.20 bits per heavy atom. The van der Waals surface area contributed by atoms with Gasteiger partial charge in [-0.2, -0.15) is 0 Å². The van der Waals surface area contributed by atoms with Crippen molar-refractivity contribution in [1.29, 1.82) is 0 Å². The smallest absolute Gasteiger partial charge is 0.0702 e. The van der Waals surface area contributed by atoms with Gasteiger partial charge in [0.15, 0.2) is 0 Å². The van der Waals surface area contributed by atoms with Gasteiger partial charge in [-0.05, 0) is 44.0 Å².